The van der Waals surface area contributed by atoms with E-state index in [-0.39, 0.29) is 17.5 Å². The minimum atomic E-state index is -0.776. The number of carbonyl (C=O) groups is 2. The van der Waals surface area contributed by atoms with Gasteiger partial charge in [0.15, 0.2) is 0 Å². The number of nitrogen functional groups attached to an aromatic ring is 1. The number of hydrogen-bond acceptors (Lipinski definition) is 14. The van der Waals surface area contributed by atoms with Gasteiger partial charge in [0.05, 0.1) is 63.5 Å². The van der Waals surface area contributed by atoms with Crippen LogP contribution in [-0.2, 0) is 36.3 Å². The smallest absolute Gasteiger partial charge is 0.330 e. The first kappa shape index (κ1) is 77.6. The van der Waals surface area contributed by atoms with Crippen LogP contribution in [0, 0.1) is 3.57 Å². The fraction of sp³-hybridized carbons (Fsp3) is 0.137. The van der Waals surface area contributed by atoms with Crippen molar-refractivity contribution in [1.29, 1.82) is 0 Å². The SMILES string of the molecule is CCOC(=O)/C=C/c1cc(SCc2ccccc2)ccc1N.CCOC(=O)/C=C/c1cc(SCc2ccccc2)ccc1Nc1ccc(Br)cc1OC.COc1cc(Br)ccc1-n1c(=O)ccc2cc(SCc3ccccc3)ccc21.COc1cc(Br)ccc1I.OPPF. The number of hydrogen-bond donors (Lipinski definition) is 3. The van der Waals surface area contributed by atoms with Crippen LogP contribution in [0.15, 0.2) is 257 Å². The summed E-state index contributed by atoms with van der Waals surface area (Å²) in [6.45, 7) is 4.28. The highest BCUT2D eigenvalue weighted by molar-refractivity contribution is 14.1. The van der Waals surface area contributed by atoms with Gasteiger partial charge in [-0.15, -0.1) is 35.3 Å². The Labute approximate surface area is 610 Å². The number of aromatic nitrogens is 1. The van der Waals surface area contributed by atoms with E-state index in [1.165, 1.54) is 33.7 Å². The summed E-state index contributed by atoms with van der Waals surface area (Å²) in [5, 5.41) is 4.43. The van der Waals surface area contributed by atoms with Crippen LogP contribution in [0.1, 0.15) is 41.7 Å². The van der Waals surface area contributed by atoms with E-state index in [0.29, 0.717) is 24.7 Å². The average molecular weight is 1680 g/mol. The minimum Gasteiger partial charge on any atom is -0.496 e. The first-order valence-corrected chi connectivity index (χ1v) is 38.4. The van der Waals surface area contributed by atoms with Crippen LogP contribution in [-0.4, -0.2) is 55.9 Å². The molecule has 0 saturated carbocycles. The monoisotopic (exact) mass is 1670 g/mol. The molecule has 0 saturated heterocycles. The molecule has 0 amide bonds. The van der Waals surface area contributed by atoms with E-state index in [9.17, 15) is 18.6 Å². The molecule has 12 nitrogen and oxygen atoms in total. The van der Waals surface area contributed by atoms with Crippen molar-refractivity contribution in [3.63, 3.8) is 0 Å². The van der Waals surface area contributed by atoms with Gasteiger partial charge in [0.25, 0.3) is 5.56 Å². The molecule has 10 aromatic rings. The maximum Gasteiger partial charge on any atom is 0.330 e. The number of ether oxygens (including phenoxy) is 5. The van der Waals surface area contributed by atoms with E-state index < -0.39 is 17.1 Å². The summed E-state index contributed by atoms with van der Waals surface area (Å²) < 4.78 is 42.2. The highest BCUT2D eigenvalue weighted by Gasteiger charge is 2.14. The molecule has 494 valence electrons. The Hall–Kier alpha value is -6.42. The summed E-state index contributed by atoms with van der Waals surface area (Å²) >= 11 is 17.8. The van der Waals surface area contributed by atoms with Crippen LogP contribution in [0.25, 0.3) is 28.7 Å². The predicted molar refractivity (Wildman–Crippen MR) is 418 cm³/mol. The Balaban J connectivity index is 0.000000206. The quantitative estimate of drug-likeness (QED) is 0.0147. The summed E-state index contributed by atoms with van der Waals surface area (Å²) in [4.78, 5) is 46.8. The third-order valence-electron chi connectivity index (χ3n) is 13.0. The lowest BCUT2D eigenvalue weighted by molar-refractivity contribution is -0.138. The third kappa shape index (κ3) is 26.8. The van der Waals surface area contributed by atoms with E-state index in [4.69, 9.17) is 34.3 Å². The molecule has 9 aromatic carbocycles. The van der Waals surface area contributed by atoms with Crippen LogP contribution in [0.2, 0.25) is 0 Å². The number of halogens is 5. The fourth-order valence-electron chi connectivity index (χ4n) is 8.53. The van der Waals surface area contributed by atoms with Gasteiger partial charge in [-0.1, -0.05) is 139 Å². The van der Waals surface area contributed by atoms with E-state index >= 15 is 0 Å². The number of nitrogens with one attached hydrogen (secondary N) is 1. The first-order chi connectivity index (χ1) is 46.1. The number of thioether (sulfide) groups is 3. The lowest BCUT2D eigenvalue weighted by atomic mass is 10.1. The molecular formula is C73H70Br3FIN3O9P2S3. The van der Waals surface area contributed by atoms with Crippen LogP contribution >= 0.6 is 123 Å². The van der Waals surface area contributed by atoms with E-state index in [2.05, 4.69) is 148 Å². The number of esters is 2. The number of benzene rings is 9. The third-order valence-corrected chi connectivity index (χ3v) is 18.9. The number of rotatable bonds is 22. The van der Waals surface area contributed by atoms with Gasteiger partial charge in [0.2, 0.25) is 0 Å². The van der Waals surface area contributed by atoms with Gasteiger partial charge < -0.3 is 39.6 Å². The molecule has 1 aromatic heterocycles. The number of pyridine rings is 1. The zero-order valence-electron chi connectivity index (χ0n) is 52.4. The van der Waals surface area contributed by atoms with Crippen molar-refractivity contribution in [1.82, 2.24) is 4.57 Å². The Kier molecular flexibility index (Phi) is 35.1. The Bertz CT molecular complexity index is 4190. The average Bonchev–Trinajstić information content (AvgIpc) is 0.783. The summed E-state index contributed by atoms with van der Waals surface area (Å²) in [7, 11) is 3.64. The summed E-state index contributed by atoms with van der Waals surface area (Å²) in [6.07, 6.45) is 6.33. The number of carbonyl (C=O) groups excluding carboxylic acids is 2. The van der Waals surface area contributed by atoms with Crippen molar-refractivity contribution in [3.05, 3.63) is 280 Å². The topological polar surface area (TPSA) is 161 Å². The van der Waals surface area contributed by atoms with Crippen LogP contribution < -0.4 is 30.8 Å². The second kappa shape index (κ2) is 43.0. The Morgan fingerprint density at radius 1 is 0.558 bits per heavy atom. The molecule has 2 unspecified atom stereocenters. The molecule has 1 heterocycles. The van der Waals surface area contributed by atoms with Crippen molar-refractivity contribution >= 4 is 175 Å². The largest absolute Gasteiger partial charge is 0.496 e. The number of anilines is 3. The first-order valence-electron chi connectivity index (χ1n) is 29.2. The fourth-order valence-corrected chi connectivity index (χ4v) is 12.8. The second-order valence-electron chi connectivity index (χ2n) is 19.5. The van der Waals surface area contributed by atoms with E-state index in [1.807, 2.05) is 133 Å². The second-order valence-corrected chi connectivity index (χ2v) is 28.2. The van der Waals surface area contributed by atoms with Crippen LogP contribution in [0.5, 0.6) is 17.2 Å². The highest BCUT2D eigenvalue weighted by Crippen LogP contribution is 2.36. The lowest BCUT2D eigenvalue weighted by Crippen LogP contribution is -2.18. The molecule has 0 aliphatic carbocycles. The van der Waals surface area contributed by atoms with E-state index in [1.54, 1.807) is 93.2 Å². The van der Waals surface area contributed by atoms with Gasteiger partial charge in [0, 0.05) is 75.0 Å². The Morgan fingerprint density at radius 3 is 1.51 bits per heavy atom. The molecule has 0 bridgehead atoms. The highest BCUT2D eigenvalue weighted by atomic mass is 127. The molecule has 4 N–H and O–H groups in total. The maximum atomic E-state index is 12.7. The molecule has 0 spiro atoms. The lowest BCUT2D eigenvalue weighted by Gasteiger charge is -2.15. The number of nitrogens with zero attached hydrogens (tertiary/aromatic N) is 1. The predicted octanol–water partition coefficient (Wildman–Crippen LogP) is 21.4. The van der Waals surface area contributed by atoms with Crippen LogP contribution in [0.4, 0.5) is 21.3 Å². The number of fused-ring (bicyclic) bond motifs is 1. The molecular weight excluding hydrogens is 1610 g/mol. The van der Waals surface area contributed by atoms with Crippen molar-refractivity contribution in [2.75, 3.05) is 45.6 Å². The minimum absolute atomic E-state index is 0.0854. The zero-order chi connectivity index (χ0) is 68.3. The van der Waals surface area contributed by atoms with Crippen molar-refractivity contribution in [2.24, 2.45) is 0 Å². The van der Waals surface area contributed by atoms with Gasteiger partial charge in [-0.2, -0.15) is 0 Å². The summed E-state index contributed by atoms with van der Waals surface area (Å²) in [5.74, 6) is 4.23. The van der Waals surface area contributed by atoms with Crippen molar-refractivity contribution < 1.29 is 42.4 Å². The van der Waals surface area contributed by atoms with Crippen LogP contribution in [0.3, 0.4) is 0 Å². The van der Waals surface area contributed by atoms with Gasteiger partial charge in [-0.25, -0.2) is 13.8 Å². The van der Waals surface area contributed by atoms with E-state index in [0.717, 1.165) is 94.6 Å². The number of methoxy groups -OCH3 is 3. The summed E-state index contributed by atoms with van der Waals surface area (Å²) in [6, 6.07) is 70.1. The molecule has 10 rings (SSSR count). The van der Waals surface area contributed by atoms with Gasteiger partial charge in [0.1, 0.15) is 25.8 Å². The molecule has 0 aliphatic heterocycles. The molecule has 0 fully saturated rings. The molecule has 22 heteroatoms. The standard InChI is InChI=1S/C25H24BrNO3S.C23H18BrNO2S.C18H19NO2S.C7H6BrIO.FH3OP2/c1-3-30-25(28)14-9-19-15-21(31-17-18-7-5-4-6-8-18)11-13-22(19)27-23-12-10-20(26)16-24(23)29-2;1-27-22-14-18(24)8-10-21(22)25-20-11-9-19(13-17(20)7-12-23(25)26)28-15-16-5-3-2-4-6-16;1-2-21-18(20)11-8-15-12-16(9-10-17(15)19)22-13-14-6-4-3-5-7-14;1-10-7-4-5(8)2-3-6(7)9;1-3-4-2/h4-16,27H,3,17H2,1-2H3;2-14H,15H2,1H3;3-12H,2,13,19H2,1H3;2-4H,1H3;2-4H/b14-9+;;11-8+;;. The molecule has 95 heavy (non-hydrogen) atoms. The van der Waals surface area contributed by atoms with Gasteiger partial charge in [-0.05, 0) is 197 Å². The maximum absolute atomic E-state index is 12.7. The van der Waals surface area contributed by atoms with Crippen molar-refractivity contribution in [2.45, 2.75) is 45.8 Å². The Morgan fingerprint density at radius 2 is 1.00 bits per heavy atom. The molecule has 0 radical (unpaired) electrons. The number of nitrogens with two attached hydrogens (primary N) is 1. The van der Waals surface area contributed by atoms with Gasteiger partial charge in [-0.3, -0.25) is 9.36 Å². The molecule has 2 atom stereocenters. The molecule has 0 aliphatic rings. The zero-order valence-corrected chi connectivity index (χ0v) is 63.8. The van der Waals surface area contributed by atoms with Gasteiger partial charge >= 0.3 is 11.9 Å². The summed E-state index contributed by atoms with van der Waals surface area (Å²) in [5.41, 5.74) is 15.3. The normalized spacial score (nSPS) is 10.8. The van der Waals surface area contributed by atoms with Crippen molar-refractivity contribution in [3.8, 4) is 22.9 Å².